The van der Waals surface area contributed by atoms with Gasteiger partial charge in [0.2, 0.25) is 0 Å². The molecule has 1 aliphatic carbocycles. The maximum absolute atomic E-state index is 5.40. The first-order chi connectivity index (χ1) is 4.93. The van der Waals surface area contributed by atoms with Gasteiger partial charge in [0.15, 0.2) is 0 Å². The first kappa shape index (κ1) is 8.35. The van der Waals surface area contributed by atoms with Gasteiger partial charge in [-0.1, -0.05) is 30.9 Å². The van der Waals surface area contributed by atoms with Crippen LogP contribution < -0.4 is 0 Å². The number of hydrogen-bond acceptors (Lipinski definition) is 1. The van der Waals surface area contributed by atoms with E-state index in [2.05, 4.69) is 0 Å². The van der Waals surface area contributed by atoms with E-state index in [1.807, 2.05) is 0 Å². The SMILES string of the molecule is ClCOCC1CCCCC1. The standard InChI is InChI=1S/C8H15ClO/c9-7-10-6-8-4-2-1-3-5-8/h8H,1-7H2. The van der Waals surface area contributed by atoms with Crippen molar-refractivity contribution in [2.75, 3.05) is 12.7 Å². The summed E-state index contributed by atoms with van der Waals surface area (Å²) in [5.41, 5.74) is 0. The van der Waals surface area contributed by atoms with Gasteiger partial charge in [0.05, 0.1) is 6.61 Å². The number of halogens is 1. The van der Waals surface area contributed by atoms with Gasteiger partial charge in [-0.25, -0.2) is 0 Å². The summed E-state index contributed by atoms with van der Waals surface area (Å²) in [4.78, 5) is 0. The van der Waals surface area contributed by atoms with Crippen LogP contribution >= 0.6 is 11.6 Å². The molecule has 0 atom stereocenters. The zero-order valence-electron chi connectivity index (χ0n) is 6.31. The Bertz CT molecular complexity index is 79.3. The molecule has 0 saturated heterocycles. The molecule has 1 rings (SSSR count). The Balaban J connectivity index is 2.02. The van der Waals surface area contributed by atoms with Crippen molar-refractivity contribution in [1.82, 2.24) is 0 Å². The van der Waals surface area contributed by atoms with Crippen molar-refractivity contribution in [2.24, 2.45) is 5.92 Å². The molecule has 0 unspecified atom stereocenters. The molecule has 2 heteroatoms. The molecule has 0 spiro atoms. The highest BCUT2D eigenvalue weighted by Gasteiger charge is 2.12. The Kier molecular flexibility index (Phi) is 4.15. The Morgan fingerprint density at radius 2 is 1.90 bits per heavy atom. The zero-order chi connectivity index (χ0) is 7.23. The molecule has 0 N–H and O–H groups in total. The molecule has 0 bridgehead atoms. The smallest absolute Gasteiger partial charge is 0.120 e. The van der Waals surface area contributed by atoms with Crippen molar-refractivity contribution in [2.45, 2.75) is 32.1 Å². The van der Waals surface area contributed by atoms with Crippen LogP contribution in [0.25, 0.3) is 0 Å². The molecule has 0 aromatic carbocycles. The third-order valence-corrected chi connectivity index (χ3v) is 2.31. The zero-order valence-corrected chi connectivity index (χ0v) is 7.07. The summed E-state index contributed by atoms with van der Waals surface area (Å²) >= 11 is 5.40. The molecule has 0 aliphatic heterocycles. The molecule has 1 aliphatic rings. The molecular weight excluding hydrogens is 148 g/mol. The Morgan fingerprint density at radius 1 is 1.20 bits per heavy atom. The van der Waals surface area contributed by atoms with Crippen LogP contribution in [0.15, 0.2) is 0 Å². The van der Waals surface area contributed by atoms with Crippen LogP contribution in [0, 0.1) is 5.92 Å². The second kappa shape index (κ2) is 4.97. The predicted molar refractivity (Wildman–Crippen MR) is 43.2 cm³/mol. The van der Waals surface area contributed by atoms with Gasteiger partial charge in [-0.3, -0.25) is 0 Å². The lowest BCUT2D eigenvalue weighted by molar-refractivity contribution is 0.118. The van der Waals surface area contributed by atoms with Crippen molar-refractivity contribution in [3.8, 4) is 0 Å². The van der Waals surface area contributed by atoms with E-state index >= 15 is 0 Å². The molecule has 0 radical (unpaired) electrons. The predicted octanol–water partition coefficient (Wildman–Crippen LogP) is 2.78. The van der Waals surface area contributed by atoms with Crippen molar-refractivity contribution < 1.29 is 4.74 Å². The third kappa shape index (κ3) is 2.89. The second-order valence-electron chi connectivity index (χ2n) is 2.98. The van der Waals surface area contributed by atoms with Crippen LogP contribution in [0.3, 0.4) is 0 Å². The van der Waals surface area contributed by atoms with E-state index in [9.17, 15) is 0 Å². The largest absolute Gasteiger partial charge is 0.365 e. The van der Waals surface area contributed by atoms with E-state index in [1.54, 1.807) is 0 Å². The van der Waals surface area contributed by atoms with Gasteiger partial charge in [0.1, 0.15) is 6.07 Å². The highest BCUT2D eigenvalue weighted by Crippen LogP contribution is 2.23. The monoisotopic (exact) mass is 162 g/mol. The van der Waals surface area contributed by atoms with Crippen LogP contribution in [0.5, 0.6) is 0 Å². The van der Waals surface area contributed by atoms with Crippen LogP contribution in [-0.2, 0) is 4.74 Å². The Morgan fingerprint density at radius 3 is 2.50 bits per heavy atom. The van der Waals surface area contributed by atoms with E-state index in [0.717, 1.165) is 12.5 Å². The van der Waals surface area contributed by atoms with E-state index in [1.165, 1.54) is 32.1 Å². The number of alkyl halides is 1. The highest BCUT2D eigenvalue weighted by atomic mass is 35.5. The average Bonchev–Trinajstić information content (AvgIpc) is 2.03. The van der Waals surface area contributed by atoms with E-state index in [4.69, 9.17) is 16.3 Å². The van der Waals surface area contributed by atoms with Crippen molar-refractivity contribution in [1.29, 1.82) is 0 Å². The molecule has 1 saturated carbocycles. The maximum atomic E-state index is 5.40. The van der Waals surface area contributed by atoms with E-state index < -0.39 is 0 Å². The van der Waals surface area contributed by atoms with Crippen LogP contribution in [0.4, 0.5) is 0 Å². The second-order valence-corrected chi connectivity index (χ2v) is 3.20. The summed E-state index contributed by atoms with van der Waals surface area (Å²) in [6, 6.07) is 0.358. The minimum Gasteiger partial charge on any atom is -0.365 e. The summed E-state index contributed by atoms with van der Waals surface area (Å²) in [7, 11) is 0. The fourth-order valence-electron chi connectivity index (χ4n) is 1.57. The fourth-order valence-corrected chi connectivity index (χ4v) is 1.65. The quantitative estimate of drug-likeness (QED) is 0.580. The van der Waals surface area contributed by atoms with Gasteiger partial charge in [-0.15, -0.1) is 0 Å². The number of ether oxygens (including phenoxy) is 1. The summed E-state index contributed by atoms with van der Waals surface area (Å²) in [6.07, 6.45) is 6.87. The van der Waals surface area contributed by atoms with Crippen molar-refractivity contribution >= 4 is 11.6 Å². The summed E-state index contributed by atoms with van der Waals surface area (Å²) < 4.78 is 5.14. The molecule has 0 aromatic rings. The molecule has 1 fully saturated rings. The summed E-state index contributed by atoms with van der Waals surface area (Å²) in [6.45, 7) is 0.878. The van der Waals surface area contributed by atoms with E-state index in [-0.39, 0.29) is 0 Å². The summed E-state index contributed by atoms with van der Waals surface area (Å²) in [5, 5.41) is 0. The van der Waals surface area contributed by atoms with Gasteiger partial charge in [0, 0.05) is 0 Å². The topological polar surface area (TPSA) is 9.23 Å². The van der Waals surface area contributed by atoms with Crippen LogP contribution in [0.1, 0.15) is 32.1 Å². The van der Waals surface area contributed by atoms with Gasteiger partial charge in [-0.2, -0.15) is 0 Å². The highest BCUT2D eigenvalue weighted by molar-refractivity contribution is 6.17. The summed E-state index contributed by atoms with van der Waals surface area (Å²) in [5.74, 6) is 0.799. The van der Waals surface area contributed by atoms with Gasteiger partial charge >= 0.3 is 0 Å². The van der Waals surface area contributed by atoms with Crippen LogP contribution in [-0.4, -0.2) is 12.7 Å². The first-order valence-electron chi connectivity index (χ1n) is 4.07. The van der Waals surface area contributed by atoms with Crippen LogP contribution in [0.2, 0.25) is 0 Å². The Labute approximate surface area is 67.7 Å². The molecule has 1 nitrogen and oxygen atoms in total. The fraction of sp³-hybridized carbons (Fsp3) is 1.00. The lowest BCUT2D eigenvalue weighted by Gasteiger charge is -2.20. The van der Waals surface area contributed by atoms with Gasteiger partial charge in [-0.05, 0) is 18.8 Å². The average molecular weight is 163 g/mol. The molecular formula is C8H15ClO. The normalized spacial score (nSPS) is 21.3. The molecule has 0 amide bonds. The lowest BCUT2D eigenvalue weighted by Crippen LogP contribution is -2.12. The number of hydrogen-bond donors (Lipinski definition) is 0. The molecule has 10 heavy (non-hydrogen) atoms. The van der Waals surface area contributed by atoms with Crippen molar-refractivity contribution in [3.05, 3.63) is 0 Å². The minimum absolute atomic E-state index is 0.358. The number of rotatable bonds is 3. The Hall–Kier alpha value is 0.250. The minimum atomic E-state index is 0.358. The molecule has 60 valence electrons. The first-order valence-corrected chi connectivity index (χ1v) is 4.60. The van der Waals surface area contributed by atoms with Gasteiger partial charge in [0.25, 0.3) is 0 Å². The maximum Gasteiger partial charge on any atom is 0.120 e. The van der Waals surface area contributed by atoms with Gasteiger partial charge < -0.3 is 4.74 Å². The molecule has 0 heterocycles. The third-order valence-electron chi connectivity index (χ3n) is 2.16. The lowest BCUT2D eigenvalue weighted by atomic mass is 9.90. The van der Waals surface area contributed by atoms with E-state index in [0.29, 0.717) is 6.07 Å². The van der Waals surface area contributed by atoms with Crippen molar-refractivity contribution in [3.63, 3.8) is 0 Å². The molecule has 0 aromatic heterocycles.